The van der Waals surface area contributed by atoms with Crippen LogP contribution < -0.4 is 15.8 Å². The summed E-state index contributed by atoms with van der Waals surface area (Å²) in [6.07, 6.45) is 2.27. The third-order valence-corrected chi connectivity index (χ3v) is 8.43. The van der Waals surface area contributed by atoms with Crippen LogP contribution in [0.25, 0.3) is 64.6 Å². The third kappa shape index (κ3) is 2.29. The van der Waals surface area contributed by atoms with Crippen LogP contribution >= 0.6 is 11.3 Å². The minimum Gasteiger partial charge on any atom is -0.367 e. The van der Waals surface area contributed by atoms with Crippen molar-refractivity contribution in [3.05, 3.63) is 107 Å². The maximum absolute atomic E-state index is 3.73. The molecule has 0 bridgehead atoms. The SMILES string of the molecule is C1=c2ccccc2=C(n2c3ccccc3c3sc4c5ccccc5c5ccccc5c4c32)NC1. The second-order valence-electron chi connectivity index (χ2n) is 8.95. The van der Waals surface area contributed by atoms with E-state index in [9.17, 15) is 0 Å². The highest BCUT2D eigenvalue weighted by molar-refractivity contribution is 7.27. The predicted molar refractivity (Wildman–Crippen MR) is 147 cm³/mol. The number of aromatic nitrogens is 1. The summed E-state index contributed by atoms with van der Waals surface area (Å²) in [5, 5.41) is 14.2. The number of para-hydroxylation sites is 1. The molecule has 5 aromatic carbocycles. The molecule has 0 spiro atoms. The zero-order chi connectivity index (χ0) is 22.2. The van der Waals surface area contributed by atoms with E-state index in [1.807, 2.05) is 11.3 Å². The number of nitrogens with one attached hydrogen (secondary N) is 1. The van der Waals surface area contributed by atoms with Crippen molar-refractivity contribution in [3.8, 4) is 0 Å². The van der Waals surface area contributed by atoms with Crippen LogP contribution in [0.15, 0.2) is 97.1 Å². The first-order valence-corrected chi connectivity index (χ1v) is 12.5. The fourth-order valence-corrected chi connectivity index (χ4v) is 7.14. The number of benzene rings is 5. The lowest BCUT2D eigenvalue weighted by atomic mass is 9.98. The minimum absolute atomic E-state index is 0.825. The number of thiophene rings is 1. The Balaban J connectivity index is 1.72. The lowest BCUT2D eigenvalue weighted by molar-refractivity contribution is 0.927. The molecule has 2 aromatic heterocycles. The first-order chi connectivity index (χ1) is 16.9. The van der Waals surface area contributed by atoms with E-state index >= 15 is 0 Å². The zero-order valence-corrected chi connectivity index (χ0v) is 19.2. The van der Waals surface area contributed by atoms with Gasteiger partial charge >= 0.3 is 0 Å². The molecule has 0 saturated carbocycles. The van der Waals surface area contributed by atoms with E-state index in [1.165, 1.54) is 69.0 Å². The fourth-order valence-electron chi connectivity index (χ4n) is 5.77. The molecule has 1 aliphatic rings. The summed E-state index contributed by atoms with van der Waals surface area (Å²) in [6, 6.07) is 35.3. The Hall–Kier alpha value is -4.08. The lowest BCUT2D eigenvalue weighted by Gasteiger charge is -2.18. The zero-order valence-electron chi connectivity index (χ0n) is 18.4. The molecule has 0 amide bonds. The smallest absolute Gasteiger partial charge is 0.119 e. The summed E-state index contributed by atoms with van der Waals surface area (Å²) in [7, 11) is 0. The monoisotopic (exact) mass is 452 g/mol. The molecule has 1 aliphatic heterocycles. The van der Waals surface area contributed by atoms with Gasteiger partial charge in [-0.1, -0.05) is 97.1 Å². The van der Waals surface area contributed by atoms with Crippen molar-refractivity contribution in [1.82, 2.24) is 9.88 Å². The number of nitrogens with zero attached hydrogens (tertiary/aromatic N) is 1. The van der Waals surface area contributed by atoms with Crippen LogP contribution in [0.3, 0.4) is 0 Å². The van der Waals surface area contributed by atoms with Crippen molar-refractivity contribution in [2.24, 2.45) is 0 Å². The Morgan fingerprint density at radius 2 is 1.26 bits per heavy atom. The van der Waals surface area contributed by atoms with Gasteiger partial charge in [-0.05, 0) is 27.4 Å². The van der Waals surface area contributed by atoms with Gasteiger partial charge in [-0.3, -0.25) is 4.57 Å². The molecule has 0 atom stereocenters. The molecule has 2 nitrogen and oxygen atoms in total. The van der Waals surface area contributed by atoms with Gasteiger partial charge in [0.2, 0.25) is 0 Å². The summed E-state index contributed by atoms with van der Waals surface area (Å²) in [5.41, 5.74) is 2.56. The Labute approximate surface area is 199 Å². The van der Waals surface area contributed by atoms with E-state index < -0.39 is 0 Å². The van der Waals surface area contributed by atoms with Gasteiger partial charge in [0.05, 0.1) is 15.7 Å². The molecule has 3 heterocycles. The van der Waals surface area contributed by atoms with Crippen LogP contribution in [0.4, 0.5) is 0 Å². The summed E-state index contributed by atoms with van der Waals surface area (Å²) in [6.45, 7) is 0.825. The van der Waals surface area contributed by atoms with Crippen LogP contribution in [-0.2, 0) is 0 Å². The number of rotatable bonds is 1. The summed E-state index contributed by atoms with van der Waals surface area (Å²) in [4.78, 5) is 0. The first-order valence-electron chi connectivity index (χ1n) is 11.7. The molecule has 160 valence electrons. The van der Waals surface area contributed by atoms with Crippen LogP contribution in [0.5, 0.6) is 0 Å². The highest BCUT2D eigenvalue weighted by atomic mass is 32.1. The van der Waals surface area contributed by atoms with Gasteiger partial charge in [0.15, 0.2) is 0 Å². The van der Waals surface area contributed by atoms with Crippen molar-refractivity contribution in [3.63, 3.8) is 0 Å². The average Bonchev–Trinajstić information content (AvgIpc) is 3.44. The molecule has 0 aliphatic carbocycles. The Bertz CT molecular complexity index is 2070. The molecule has 7 aromatic rings. The van der Waals surface area contributed by atoms with Crippen LogP contribution in [0.2, 0.25) is 0 Å². The van der Waals surface area contributed by atoms with Crippen molar-refractivity contribution in [2.45, 2.75) is 0 Å². The first kappa shape index (κ1) is 18.4. The minimum atomic E-state index is 0.825. The highest BCUT2D eigenvalue weighted by Gasteiger charge is 2.22. The van der Waals surface area contributed by atoms with Crippen molar-refractivity contribution < 1.29 is 0 Å². The van der Waals surface area contributed by atoms with Crippen molar-refractivity contribution >= 4 is 76.0 Å². The lowest BCUT2D eigenvalue weighted by Crippen LogP contribution is -2.39. The van der Waals surface area contributed by atoms with Crippen molar-refractivity contribution in [1.29, 1.82) is 0 Å². The van der Waals surface area contributed by atoms with Gasteiger partial charge < -0.3 is 5.32 Å². The van der Waals surface area contributed by atoms with Gasteiger partial charge in [0, 0.05) is 32.6 Å². The molecule has 0 radical (unpaired) electrons. The van der Waals surface area contributed by atoms with Crippen molar-refractivity contribution in [2.75, 3.05) is 6.54 Å². The van der Waals surface area contributed by atoms with E-state index in [-0.39, 0.29) is 0 Å². The summed E-state index contributed by atoms with van der Waals surface area (Å²) in [5.74, 6) is 1.17. The molecule has 0 fully saturated rings. The fraction of sp³-hybridized carbons (Fsp3) is 0.0323. The van der Waals surface area contributed by atoms with Crippen LogP contribution in [0.1, 0.15) is 0 Å². The maximum atomic E-state index is 3.73. The summed E-state index contributed by atoms with van der Waals surface area (Å²) < 4.78 is 5.21. The molecule has 1 N–H and O–H groups in total. The molecule has 34 heavy (non-hydrogen) atoms. The maximum Gasteiger partial charge on any atom is 0.119 e. The molecule has 0 unspecified atom stereocenters. The van der Waals surface area contributed by atoms with E-state index in [0.29, 0.717) is 0 Å². The third-order valence-electron chi connectivity index (χ3n) is 7.19. The standard InChI is InChI=1S/C31H20N2S/c1-2-10-20-19(9-1)17-18-32-31(20)33-26-16-8-7-15-25(26)30-28(33)27-23-13-5-3-11-21(23)22-12-4-6-14-24(22)29(27)34-30/h1-17,32H,18H2. The summed E-state index contributed by atoms with van der Waals surface area (Å²) >= 11 is 1.93. The van der Waals surface area contributed by atoms with Gasteiger partial charge in [-0.25, -0.2) is 0 Å². The largest absolute Gasteiger partial charge is 0.367 e. The molecular weight excluding hydrogens is 432 g/mol. The second-order valence-corrected chi connectivity index (χ2v) is 9.97. The van der Waals surface area contributed by atoms with Gasteiger partial charge in [-0.2, -0.15) is 0 Å². The molecule has 3 heteroatoms. The van der Waals surface area contributed by atoms with Crippen LogP contribution in [0, 0.1) is 0 Å². The highest BCUT2D eigenvalue weighted by Crippen LogP contribution is 2.47. The quantitative estimate of drug-likeness (QED) is 0.289. The van der Waals surface area contributed by atoms with Gasteiger partial charge in [0.25, 0.3) is 0 Å². The average molecular weight is 453 g/mol. The second kappa shape index (κ2) is 6.72. The van der Waals surface area contributed by atoms with E-state index in [2.05, 4.69) is 113 Å². The number of hydrogen-bond donors (Lipinski definition) is 1. The van der Waals surface area contributed by atoms with Crippen LogP contribution in [-0.4, -0.2) is 11.1 Å². The Morgan fingerprint density at radius 1 is 0.618 bits per heavy atom. The Morgan fingerprint density at radius 3 is 2.12 bits per heavy atom. The van der Waals surface area contributed by atoms with E-state index in [0.717, 1.165) is 6.54 Å². The van der Waals surface area contributed by atoms with Gasteiger partial charge in [0.1, 0.15) is 5.82 Å². The number of hydrogen-bond acceptors (Lipinski definition) is 2. The Kier molecular flexibility index (Phi) is 3.63. The van der Waals surface area contributed by atoms with E-state index in [4.69, 9.17) is 0 Å². The molecular formula is C31H20N2S. The van der Waals surface area contributed by atoms with Gasteiger partial charge in [-0.15, -0.1) is 11.3 Å². The predicted octanol–water partition coefficient (Wildman–Crippen LogP) is 6.31. The van der Waals surface area contributed by atoms with E-state index in [1.54, 1.807) is 0 Å². The topological polar surface area (TPSA) is 17.0 Å². The number of fused-ring (bicyclic) bond motifs is 11. The molecule has 8 rings (SSSR count). The molecule has 0 saturated heterocycles. The normalized spacial score (nSPS) is 13.6.